The molecule has 162 valence electrons. The van der Waals surface area contributed by atoms with Crippen LogP contribution in [-0.4, -0.2) is 56.2 Å². The molecule has 1 fully saturated rings. The normalized spacial score (nSPS) is 26.2. The highest BCUT2D eigenvalue weighted by Gasteiger charge is 2.47. The summed E-state index contributed by atoms with van der Waals surface area (Å²) in [7, 11) is 0. The summed E-state index contributed by atoms with van der Waals surface area (Å²) in [6.45, 7) is 0.0151. The van der Waals surface area contributed by atoms with Gasteiger partial charge in [0.1, 0.15) is 48.9 Å². The summed E-state index contributed by atoms with van der Waals surface area (Å²) < 4.78 is 11.8. The van der Waals surface area contributed by atoms with E-state index in [0.717, 1.165) is 0 Å². The highest BCUT2D eigenvalue weighted by Crippen LogP contribution is 2.39. The average molecular weight is 432 g/mol. The maximum absolute atomic E-state index is 10.6. The summed E-state index contributed by atoms with van der Waals surface area (Å²) in [5, 5.41) is 30.9. The Bertz CT molecular complexity index is 1270. The zero-order chi connectivity index (χ0) is 22.4. The van der Waals surface area contributed by atoms with Crippen molar-refractivity contribution in [2.75, 3.05) is 18.1 Å². The van der Waals surface area contributed by atoms with E-state index in [1.807, 2.05) is 12.1 Å². The average Bonchev–Trinajstić information content (AvgIpc) is 3.35. The molecule has 3 heterocycles. The standard InChI is InChI=1S/C22H20N6O4/c23-6-10-7-26-15-5-11(1-2-12(15)17(10)24)31-8-16-19(29)20(30)21(32-16)13-3-4-14-18(13)27-9-28-22(14)25/h1-5,7,9,13,16,19-21,29-30H,8H2,(H2,24,26)(H2,25,27,28)/t13?,16-,19-,20-,21+/m1/s1. The van der Waals surface area contributed by atoms with Crippen molar-refractivity contribution in [2.45, 2.75) is 30.3 Å². The molecule has 0 radical (unpaired) electrons. The van der Waals surface area contributed by atoms with Gasteiger partial charge >= 0.3 is 0 Å². The van der Waals surface area contributed by atoms with Gasteiger partial charge < -0.3 is 31.2 Å². The molecular weight excluding hydrogens is 412 g/mol. The third kappa shape index (κ3) is 3.20. The van der Waals surface area contributed by atoms with Gasteiger partial charge in [-0.05, 0) is 12.1 Å². The zero-order valence-corrected chi connectivity index (χ0v) is 16.8. The number of aromatic nitrogens is 3. The molecule has 0 saturated carbocycles. The van der Waals surface area contributed by atoms with Gasteiger partial charge in [-0.2, -0.15) is 5.26 Å². The van der Waals surface area contributed by atoms with Gasteiger partial charge in [-0.3, -0.25) is 4.98 Å². The van der Waals surface area contributed by atoms with Gasteiger partial charge in [-0.25, -0.2) is 9.97 Å². The zero-order valence-electron chi connectivity index (χ0n) is 16.8. The molecule has 1 saturated heterocycles. The molecule has 1 unspecified atom stereocenters. The number of anilines is 2. The third-order valence-electron chi connectivity index (χ3n) is 5.90. The Morgan fingerprint density at radius 3 is 2.81 bits per heavy atom. The van der Waals surface area contributed by atoms with E-state index in [0.29, 0.717) is 45.0 Å². The second-order valence-electron chi connectivity index (χ2n) is 7.75. The largest absolute Gasteiger partial charge is 0.491 e. The minimum absolute atomic E-state index is 0.0151. The Kier molecular flexibility index (Phi) is 4.86. The van der Waals surface area contributed by atoms with E-state index in [2.05, 4.69) is 15.0 Å². The van der Waals surface area contributed by atoms with Crippen LogP contribution < -0.4 is 16.2 Å². The first-order chi connectivity index (χ1) is 15.5. The number of nitrogens with two attached hydrogens (primary N) is 2. The van der Waals surface area contributed by atoms with Crippen LogP contribution >= 0.6 is 0 Å². The van der Waals surface area contributed by atoms with Gasteiger partial charge in [-0.1, -0.05) is 12.2 Å². The number of rotatable bonds is 4. The number of aliphatic hydroxyl groups is 2. The van der Waals surface area contributed by atoms with Crippen LogP contribution in [0.4, 0.5) is 11.5 Å². The predicted octanol–water partition coefficient (Wildman–Crippen LogP) is 0.739. The van der Waals surface area contributed by atoms with E-state index in [4.69, 9.17) is 26.2 Å². The summed E-state index contributed by atoms with van der Waals surface area (Å²) >= 11 is 0. The molecule has 5 rings (SSSR count). The molecule has 0 bridgehead atoms. The third-order valence-corrected chi connectivity index (χ3v) is 5.90. The number of ether oxygens (including phenoxy) is 2. The molecule has 10 nitrogen and oxygen atoms in total. The lowest BCUT2D eigenvalue weighted by molar-refractivity contribution is -0.0203. The Hall–Kier alpha value is -3.78. The first-order valence-electron chi connectivity index (χ1n) is 9.99. The second-order valence-corrected chi connectivity index (χ2v) is 7.75. The van der Waals surface area contributed by atoms with Crippen molar-refractivity contribution in [2.24, 2.45) is 0 Å². The molecule has 6 N–H and O–H groups in total. The maximum Gasteiger partial charge on any atom is 0.134 e. The van der Waals surface area contributed by atoms with Crippen LogP contribution in [0, 0.1) is 11.3 Å². The summed E-state index contributed by atoms with van der Waals surface area (Å²) in [5.74, 6) is 0.496. The molecule has 2 aromatic heterocycles. The van der Waals surface area contributed by atoms with E-state index in [-0.39, 0.29) is 12.5 Å². The lowest BCUT2D eigenvalue weighted by Gasteiger charge is -2.21. The Balaban J connectivity index is 1.31. The molecule has 5 atom stereocenters. The molecular formula is C22H20N6O4. The van der Waals surface area contributed by atoms with Crippen molar-refractivity contribution in [3.05, 3.63) is 53.6 Å². The van der Waals surface area contributed by atoms with Crippen LogP contribution in [0.25, 0.3) is 17.0 Å². The predicted molar refractivity (Wildman–Crippen MR) is 115 cm³/mol. The molecule has 0 amide bonds. The molecule has 1 aliphatic carbocycles. The summed E-state index contributed by atoms with van der Waals surface area (Å²) in [6, 6.07) is 7.12. The van der Waals surface area contributed by atoms with Crippen LogP contribution in [0.3, 0.4) is 0 Å². The monoisotopic (exact) mass is 432 g/mol. The number of hydrogen-bond acceptors (Lipinski definition) is 10. The van der Waals surface area contributed by atoms with Gasteiger partial charge in [0.15, 0.2) is 0 Å². The van der Waals surface area contributed by atoms with Gasteiger partial charge in [-0.15, -0.1) is 0 Å². The summed E-state index contributed by atoms with van der Waals surface area (Å²) in [5.41, 5.74) is 14.5. The van der Waals surface area contributed by atoms with Gasteiger partial charge in [0, 0.05) is 29.1 Å². The number of nitrogen functional groups attached to an aromatic ring is 2. The number of aliphatic hydroxyl groups excluding tert-OH is 2. The number of nitriles is 1. The van der Waals surface area contributed by atoms with E-state index in [1.165, 1.54) is 12.5 Å². The number of benzene rings is 1. The molecule has 1 aromatic carbocycles. The maximum atomic E-state index is 10.6. The van der Waals surface area contributed by atoms with Crippen molar-refractivity contribution in [3.8, 4) is 11.8 Å². The topological polar surface area (TPSA) is 173 Å². The fourth-order valence-electron chi connectivity index (χ4n) is 4.18. The number of pyridine rings is 1. The Morgan fingerprint density at radius 1 is 1.16 bits per heavy atom. The molecule has 0 spiro atoms. The first-order valence-corrected chi connectivity index (χ1v) is 9.99. The van der Waals surface area contributed by atoms with E-state index in [9.17, 15) is 10.2 Å². The van der Waals surface area contributed by atoms with Crippen LogP contribution in [0.15, 0.2) is 36.8 Å². The minimum Gasteiger partial charge on any atom is -0.491 e. The van der Waals surface area contributed by atoms with Gasteiger partial charge in [0.25, 0.3) is 0 Å². The fraction of sp³-hybridized carbons (Fsp3) is 0.273. The molecule has 1 aliphatic heterocycles. The van der Waals surface area contributed by atoms with Crippen LogP contribution in [0.5, 0.6) is 5.75 Å². The summed E-state index contributed by atoms with van der Waals surface area (Å²) in [6.07, 6.45) is 2.71. The molecule has 10 heteroatoms. The van der Waals surface area contributed by atoms with Gasteiger partial charge in [0.05, 0.1) is 28.6 Å². The minimum atomic E-state index is -1.14. The number of hydrogen-bond donors (Lipinski definition) is 4. The first kappa shape index (κ1) is 20.1. The molecule has 32 heavy (non-hydrogen) atoms. The second kappa shape index (κ2) is 7.72. The van der Waals surface area contributed by atoms with Crippen molar-refractivity contribution < 1.29 is 19.7 Å². The van der Waals surface area contributed by atoms with E-state index in [1.54, 1.807) is 24.3 Å². The van der Waals surface area contributed by atoms with Crippen molar-refractivity contribution in [1.82, 2.24) is 15.0 Å². The van der Waals surface area contributed by atoms with Gasteiger partial charge in [0.2, 0.25) is 0 Å². The molecule has 2 aliphatic rings. The SMILES string of the molecule is N#Cc1cnc2cc(OC[C@H]3O[C@@H](C4C=Cc5c(N)ncnc54)[C@H](O)[C@@H]3O)ccc2c1N. The van der Waals surface area contributed by atoms with Crippen molar-refractivity contribution in [1.29, 1.82) is 5.26 Å². The quantitative estimate of drug-likeness (QED) is 0.460. The Morgan fingerprint density at radius 2 is 2.00 bits per heavy atom. The lowest BCUT2D eigenvalue weighted by atomic mass is 9.94. The van der Waals surface area contributed by atoms with Crippen molar-refractivity contribution in [3.63, 3.8) is 0 Å². The van der Waals surface area contributed by atoms with Crippen LogP contribution in [0.1, 0.15) is 22.7 Å². The van der Waals surface area contributed by atoms with Crippen molar-refractivity contribution >= 4 is 28.5 Å². The highest BCUT2D eigenvalue weighted by atomic mass is 16.6. The Labute approximate surface area is 182 Å². The number of fused-ring (bicyclic) bond motifs is 2. The van der Waals surface area contributed by atoms with Crippen LogP contribution in [-0.2, 0) is 4.74 Å². The van der Waals surface area contributed by atoms with E-state index >= 15 is 0 Å². The fourth-order valence-corrected chi connectivity index (χ4v) is 4.18. The lowest BCUT2D eigenvalue weighted by Crippen LogP contribution is -2.36. The smallest absolute Gasteiger partial charge is 0.134 e. The van der Waals surface area contributed by atoms with E-state index < -0.39 is 24.4 Å². The van der Waals surface area contributed by atoms with Crippen LogP contribution in [0.2, 0.25) is 0 Å². The molecule has 3 aromatic rings. The highest BCUT2D eigenvalue weighted by molar-refractivity contribution is 5.93. The summed E-state index contributed by atoms with van der Waals surface area (Å²) in [4.78, 5) is 12.5. The number of nitrogens with zero attached hydrogens (tertiary/aromatic N) is 4.